The van der Waals surface area contributed by atoms with Crippen LogP contribution >= 0.6 is 11.6 Å². The van der Waals surface area contributed by atoms with E-state index >= 15 is 0 Å². The first-order chi connectivity index (χ1) is 11.5. The van der Waals surface area contributed by atoms with Gasteiger partial charge in [0, 0.05) is 5.02 Å². The molecule has 2 aliphatic carbocycles. The van der Waals surface area contributed by atoms with Gasteiger partial charge in [-0.25, -0.2) is 0 Å². The van der Waals surface area contributed by atoms with Gasteiger partial charge in [0.1, 0.15) is 0 Å². The van der Waals surface area contributed by atoms with Crippen LogP contribution in [0.5, 0.6) is 0 Å². The molecule has 1 atom stereocenters. The normalized spacial score (nSPS) is 25.8. The van der Waals surface area contributed by atoms with Crippen molar-refractivity contribution in [2.24, 2.45) is 5.41 Å². The summed E-state index contributed by atoms with van der Waals surface area (Å²) >= 11 is 5.96. The van der Waals surface area contributed by atoms with Gasteiger partial charge in [0.05, 0.1) is 5.41 Å². The number of benzene rings is 1. The van der Waals surface area contributed by atoms with Crippen LogP contribution in [0.1, 0.15) is 44.1 Å². The molecule has 1 fully saturated rings. The summed E-state index contributed by atoms with van der Waals surface area (Å²) in [6.07, 6.45) is 10.6. The number of carbonyl (C=O) groups is 1. The average molecular weight is 344 g/mol. The molecule has 0 amide bonds. The van der Waals surface area contributed by atoms with Crippen LogP contribution in [0.25, 0.3) is 6.08 Å². The fourth-order valence-electron chi connectivity index (χ4n) is 4.01. The third-order valence-electron chi connectivity index (χ3n) is 5.40. The Hall–Kier alpha value is -1.38. The number of ketones is 1. The Morgan fingerprint density at radius 3 is 2.58 bits per heavy atom. The third-order valence-corrected chi connectivity index (χ3v) is 5.65. The minimum atomic E-state index is -0.251. The highest BCUT2D eigenvalue weighted by Gasteiger charge is 2.47. The second-order valence-electron chi connectivity index (χ2n) is 7.31. The van der Waals surface area contributed by atoms with Gasteiger partial charge >= 0.3 is 0 Å². The van der Waals surface area contributed by atoms with E-state index in [0.29, 0.717) is 5.78 Å². The zero-order valence-corrected chi connectivity index (χ0v) is 15.4. The van der Waals surface area contributed by atoms with E-state index < -0.39 is 0 Å². The van der Waals surface area contributed by atoms with Crippen LogP contribution in [0.4, 0.5) is 0 Å². The van der Waals surface area contributed by atoms with E-state index in [9.17, 15) is 4.79 Å². The minimum Gasteiger partial charge on any atom is -0.309 e. The van der Waals surface area contributed by atoms with E-state index in [-0.39, 0.29) is 5.41 Å². The lowest BCUT2D eigenvalue weighted by Crippen LogP contribution is -2.32. The Morgan fingerprint density at radius 1 is 1.21 bits per heavy atom. The number of allylic oxidation sites excluding steroid dienone is 3. The molecule has 3 heteroatoms. The van der Waals surface area contributed by atoms with E-state index in [1.807, 2.05) is 24.3 Å². The maximum absolute atomic E-state index is 13.3. The van der Waals surface area contributed by atoms with Crippen molar-refractivity contribution in [1.82, 2.24) is 4.90 Å². The molecule has 0 bridgehead atoms. The minimum absolute atomic E-state index is 0.251. The summed E-state index contributed by atoms with van der Waals surface area (Å²) in [4.78, 5) is 15.5. The summed E-state index contributed by atoms with van der Waals surface area (Å²) < 4.78 is 0. The topological polar surface area (TPSA) is 20.3 Å². The van der Waals surface area contributed by atoms with Gasteiger partial charge in [-0.2, -0.15) is 0 Å². The SMILES string of the molecule is CN(C)CC[C@]1(C2=CCCC2)CC/C(=C/c2ccc(Cl)cc2)C1=O. The zero-order valence-electron chi connectivity index (χ0n) is 14.6. The number of halogens is 1. The summed E-state index contributed by atoms with van der Waals surface area (Å²) in [6, 6.07) is 7.73. The van der Waals surface area contributed by atoms with Crippen LogP contribution in [0.15, 0.2) is 41.5 Å². The van der Waals surface area contributed by atoms with Crippen molar-refractivity contribution in [3.8, 4) is 0 Å². The molecule has 3 rings (SSSR count). The quantitative estimate of drug-likeness (QED) is 0.545. The van der Waals surface area contributed by atoms with Crippen LogP contribution in [0, 0.1) is 5.41 Å². The van der Waals surface area contributed by atoms with Gasteiger partial charge in [-0.3, -0.25) is 4.79 Å². The van der Waals surface area contributed by atoms with Crippen molar-refractivity contribution >= 4 is 23.5 Å². The average Bonchev–Trinajstić information content (AvgIpc) is 3.19. The molecule has 0 unspecified atom stereocenters. The highest BCUT2D eigenvalue weighted by atomic mass is 35.5. The molecule has 24 heavy (non-hydrogen) atoms. The molecular weight excluding hydrogens is 318 g/mol. The van der Waals surface area contributed by atoms with Crippen molar-refractivity contribution in [3.05, 3.63) is 52.1 Å². The number of hydrogen-bond donors (Lipinski definition) is 0. The van der Waals surface area contributed by atoms with Gasteiger partial charge in [-0.05, 0) is 88.5 Å². The summed E-state index contributed by atoms with van der Waals surface area (Å²) in [5, 5.41) is 0.728. The lowest BCUT2D eigenvalue weighted by atomic mass is 9.74. The van der Waals surface area contributed by atoms with Crippen LogP contribution < -0.4 is 0 Å². The monoisotopic (exact) mass is 343 g/mol. The second kappa shape index (κ2) is 7.25. The van der Waals surface area contributed by atoms with E-state index in [1.165, 1.54) is 12.0 Å². The predicted molar refractivity (Wildman–Crippen MR) is 101 cm³/mol. The first-order valence-corrected chi connectivity index (χ1v) is 9.24. The van der Waals surface area contributed by atoms with Gasteiger partial charge in [-0.15, -0.1) is 0 Å². The second-order valence-corrected chi connectivity index (χ2v) is 7.74. The zero-order chi connectivity index (χ0) is 17.2. The number of rotatable bonds is 5. The van der Waals surface area contributed by atoms with Gasteiger partial charge in [-0.1, -0.05) is 35.4 Å². The maximum Gasteiger partial charge on any atom is 0.169 e. The number of hydrogen-bond acceptors (Lipinski definition) is 2. The Morgan fingerprint density at radius 2 is 1.96 bits per heavy atom. The summed E-state index contributed by atoms with van der Waals surface area (Å²) in [5.74, 6) is 0.354. The predicted octanol–water partition coefficient (Wildman–Crippen LogP) is 5.13. The molecule has 0 saturated heterocycles. The summed E-state index contributed by atoms with van der Waals surface area (Å²) in [5.41, 5.74) is 3.18. The lowest BCUT2D eigenvalue weighted by molar-refractivity contribution is -0.121. The number of Topliss-reactive ketones (excluding diaryl/α,β-unsaturated/α-hetero) is 1. The van der Waals surface area contributed by atoms with Gasteiger partial charge in [0.2, 0.25) is 0 Å². The molecule has 128 valence electrons. The summed E-state index contributed by atoms with van der Waals surface area (Å²) in [6.45, 7) is 0.956. The van der Waals surface area contributed by atoms with Crippen LogP contribution in [-0.4, -0.2) is 31.3 Å². The van der Waals surface area contributed by atoms with Gasteiger partial charge < -0.3 is 4.90 Å². The first kappa shape index (κ1) is 17.4. The van der Waals surface area contributed by atoms with Crippen molar-refractivity contribution in [2.75, 3.05) is 20.6 Å². The highest BCUT2D eigenvalue weighted by Crippen LogP contribution is 2.50. The van der Waals surface area contributed by atoms with E-state index in [4.69, 9.17) is 11.6 Å². The molecular formula is C21H26ClNO. The molecule has 1 saturated carbocycles. The van der Waals surface area contributed by atoms with Crippen LogP contribution in [0.3, 0.4) is 0 Å². The van der Waals surface area contributed by atoms with E-state index in [1.54, 1.807) is 0 Å². The van der Waals surface area contributed by atoms with Gasteiger partial charge in [0.25, 0.3) is 0 Å². The Kier molecular flexibility index (Phi) is 5.27. The fraction of sp³-hybridized carbons (Fsp3) is 0.476. The summed E-state index contributed by atoms with van der Waals surface area (Å²) in [7, 11) is 4.17. The Bertz CT molecular complexity index is 672. The molecule has 0 spiro atoms. The molecule has 0 radical (unpaired) electrons. The lowest BCUT2D eigenvalue weighted by Gasteiger charge is -2.30. The number of carbonyl (C=O) groups excluding carboxylic acids is 1. The van der Waals surface area contributed by atoms with Crippen molar-refractivity contribution in [1.29, 1.82) is 0 Å². The molecule has 2 nitrogen and oxygen atoms in total. The standard InChI is InChI=1S/C21H26ClNO/c1-23(2)14-13-21(18-5-3-4-6-18)12-11-17(20(21)24)15-16-7-9-19(22)10-8-16/h5,7-10,15H,3-4,6,11-14H2,1-2H3/b17-15-/t21-/m0/s1. The highest BCUT2D eigenvalue weighted by molar-refractivity contribution is 6.30. The molecule has 0 N–H and O–H groups in total. The Balaban J connectivity index is 1.88. The van der Waals surface area contributed by atoms with Crippen LogP contribution in [-0.2, 0) is 4.79 Å². The van der Waals surface area contributed by atoms with E-state index in [0.717, 1.165) is 54.8 Å². The van der Waals surface area contributed by atoms with Crippen molar-refractivity contribution in [3.63, 3.8) is 0 Å². The molecule has 0 aromatic heterocycles. The van der Waals surface area contributed by atoms with Crippen molar-refractivity contribution in [2.45, 2.75) is 38.5 Å². The van der Waals surface area contributed by atoms with Gasteiger partial charge in [0.15, 0.2) is 5.78 Å². The molecule has 0 aliphatic heterocycles. The maximum atomic E-state index is 13.3. The van der Waals surface area contributed by atoms with Crippen LogP contribution in [0.2, 0.25) is 5.02 Å². The molecule has 1 aromatic carbocycles. The molecule has 0 heterocycles. The Labute approximate surface area is 150 Å². The third kappa shape index (κ3) is 3.50. The van der Waals surface area contributed by atoms with E-state index in [2.05, 4.69) is 31.1 Å². The fourth-order valence-corrected chi connectivity index (χ4v) is 4.13. The van der Waals surface area contributed by atoms with Crippen molar-refractivity contribution < 1.29 is 4.79 Å². The largest absolute Gasteiger partial charge is 0.309 e. The first-order valence-electron chi connectivity index (χ1n) is 8.86. The number of nitrogens with zero attached hydrogens (tertiary/aromatic N) is 1. The molecule has 2 aliphatic rings. The molecule has 1 aromatic rings. The smallest absolute Gasteiger partial charge is 0.169 e.